The molecule has 1 rings (SSSR count). The van der Waals surface area contributed by atoms with Crippen molar-refractivity contribution in [3.8, 4) is 0 Å². The summed E-state index contributed by atoms with van der Waals surface area (Å²) in [6.07, 6.45) is 5.32. The molecule has 0 bridgehead atoms. The molecule has 4 nitrogen and oxygen atoms in total. The molecule has 5 heteroatoms. The fourth-order valence-electron chi connectivity index (χ4n) is 1.49. The molecule has 1 heterocycles. The van der Waals surface area contributed by atoms with Crippen LogP contribution in [0.4, 0.5) is 0 Å². The molecule has 0 amide bonds. The Morgan fingerprint density at radius 3 is 2.83 bits per heavy atom. The quantitative estimate of drug-likeness (QED) is 0.578. The Labute approximate surface area is 113 Å². The molecule has 1 aromatic heterocycles. The van der Waals surface area contributed by atoms with Crippen LogP contribution in [0.25, 0.3) is 0 Å². The van der Waals surface area contributed by atoms with E-state index in [2.05, 4.69) is 17.2 Å². The minimum atomic E-state index is -0.204. The first-order valence-electron chi connectivity index (χ1n) is 6.12. The van der Waals surface area contributed by atoms with Crippen molar-refractivity contribution < 1.29 is 9.53 Å². The van der Waals surface area contributed by atoms with Crippen LogP contribution in [0.15, 0.2) is 29.4 Å². The zero-order valence-electron chi connectivity index (χ0n) is 10.9. The zero-order valence-corrected chi connectivity index (χ0v) is 11.7. The number of carbonyl (C=O) groups excluding carboxylic acids is 1. The van der Waals surface area contributed by atoms with Gasteiger partial charge in [0, 0.05) is 23.0 Å². The molecule has 1 atom stereocenters. The molecule has 0 aromatic carbocycles. The summed E-state index contributed by atoms with van der Waals surface area (Å²) in [5.74, 6) is 0.694. The number of hydrogen-bond donors (Lipinski definition) is 1. The van der Waals surface area contributed by atoms with Crippen molar-refractivity contribution in [3.63, 3.8) is 0 Å². The van der Waals surface area contributed by atoms with E-state index < -0.39 is 0 Å². The Morgan fingerprint density at radius 2 is 2.22 bits per heavy atom. The number of pyridine rings is 1. The molecule has 18 heavy (non-hydrogen) atoms. The summed E-state index contributed by atoms with van der Waals surface area (Å²) in [5.41, 5.74) is 0. The van der Waals surface area contributed by atoms with Gasteiger partial charge in [-0.05, 0) is 31.5 Å². The van der Waals surface area contributed by atoms with Crippen LogP contribution in [0.3, 0.4) is 0 Å². The maximum atomic E-state index is 11.6. The number of nitrogens with zero attached hydrogens (tertiary/aromatic N) is 1. The molecule has 0 saturated carbocycles. The summed E-state index contributed by atoms with van der Waals surface area (Å²) in [7, 11) is 1.43. The lowest BCUT2D eigenvalue weighted by atomic mass is 10.2. The third-order valence-corrected chi connectivity index (χ3v) is 3.50. The average molecular weight is 268 g/mol. The number of methoxy groups -OCH3 is 1. The van der Waals surface area contributed by atoms with Gasteiger partial charge < -0.3 is 10.1 Å². The van der Waals surface area contributed by atoms with Gasteiger partial charge in [-0.15, -0.1) is 11.8 Å². The fraction of sp³-hybridized carbons (Fsp3) is 0.538. The average Bonchev–Trinajstić information content (AvgIpc) is 2.43. The molecule has 0 fully saturated rings. The van der Waals surface area contributed by atoms with Crippen molar-refractivity contribution in [2.24, 2.45) is 0 Å². The van der Waals surface area contributed by atoms with E-state index in [4.69, 9.17) is 4.74 Å². The first kappa shape index (κ1) is 15.0. The lowest BCUT2D eigenvalue weighted by molar-refractivity contribution is -0.143. The second kappa shape index (κ2) is 8.94. The molecule has 1 unspecified atom stereocenters. The van der Waals surface area contributed by atoms with Gasteiger partial charge in [0.15, 0.2) is 0 Å². The molecule has 0 saturated heterocycles. The molecule has 0 radical (unpaired) electrons. The highest BCUT2D eigenvalue weighted by atomic mass is 32.2. The second-order valence-corrected chi connectivity index (χ2v) is 5.02. The molecule has 0 spiro atoms. The summed E-state index contributed by atoms with van der Waals surface area (Å²) < 4.78 is 4.79. The summed E-state index contributed by atoms with van der Waals surface area (Å²) in [6.45, 7) is 2.91. The Kier molecular flexibility index (Phi) is 7.44. The predicted molar refractivity (Wildman–Crippen MR) is 73.7 cm³/mol. The minimum Gasteiger partial charge on any atom is -0.468 e. The SMILES string of the molecule is CCCNC(CCSc1ccncc1)C(=O)OC. The number of aromatic nitrogens is 1. The van der Waals surface area contributed by atoms with Gasteiger partial charge in [0.25, 0.3) is 0 Å². The standard InChI is InChI=1S/C13H20N2O2S/c1-3-7-15-12(13(16)17-2)6-10-18-11-4-8-14-9-5-11/h4-5,8-9,12,15H,3,6-7,10H2,1-2H3. The van der Waals surface area contributed by atoms with Crippen molar-refractivity contribution in [1.29, 1.82) is 0 Å². The number of ether oxygens (including phenoxy) is 1. The Bertz CT molecular complexity index is 346. The number of rotatable bonds is 8. The lowest BCUT2D eigenvalue weighted by Crippen LogP contribution is -2.38. The first-order chi connectivity index (χ1) is 8.77. The van der Waals surface area contributed by atoms with Gasteiger partial charge in [0.1, 0.15) is 6.04 Å². The lowest BCUT2D eigenvalue weighted by Gasteiger charge is -2.15. The van der Waals surface area contributed by atoms with Crippen LogP contribution in [0.5, 0.6) is 0 Å². The van der Waals surface area contributed by atoms with E-state index in [1.807, 2.05) is 12.1 Å². The normalized spacial score (nSPS) is 12.1. The van der Waals surface area contributed by atoms with Crippen molar-refractivity contribution in [2.45, 2.75) is 30.7 Å². The molecule has 0 aliphatic rings. The summed E-state index contributed by atoms with van der Waals surface area (Å²) in [4.78, 5) is 16.7. The van der Waals surface area contributed by atoms with E-state index in [0.717, 1.165) is 25.1 Å². The summed E-state index contributed by atoms with van der Waals surface area (Å²) in [6, 6.07) is 3.73. The summed E-state index contributed by atoms with van der Waals surface area (Å²) >= 11 is 1.72. The monoisotopic (exact) mass is 268 g/mol. The van der Waals surface area contributed by atoms with E-state index in [1.54, 1.807) is 24.2 Å². The van der Waals surface area contributed by atoms with E-state index >= 15 is 0 Å². The second-order valence-electron chi connectivity index (χ2n) is 3.85. The number of carbonyl (C=O) groups is 1. The number of thioether (sulfide) groups is 1. The molecule has 1 N–H and O–H groups in total. The van der Waals surface area contributed by atoms with Crippen LogP contribution in [-0.4, -0.2) is 36.4 Å². The van der Waals surface area contributed by atoms with Gasteiger partial charge in [0.05, 0.1) is 7.11 Å². The van der Waals surface area contributed by atoms with E-state index in [-0.39, 0.29) is 12.0 Å². The summed E-state index contributed by atoms with van der Waals surface area (Å²) in [5, 5.41) is 3.21. The molecule has 0 aliphatic heterocycles. The third kappa shape index (κ3) is 5.51. The Morgan fingerprint density at radius 1 is 1.50 bits per heavy atom. The molecule has 1 aromatic rings. The van der Waals surface area contributed by atoms with Crippen LogP contribution in [0, 0.1) is 0 Å². The number of nitrogens with one attached hydrogen (secondary N) is 1. The fourth-order valence-corrected chi connectivity index (χ4v) is 2.40. The maximum Gasteiger partial charge on any atom is 0.322 e. The van der Waals surface area contributed by atoms with Crippen LogP contribution in [0.1, 0.15) is 19.8 Å². The van der Waals surface area contributed by atoms with Crippen molar-refractivity contribution in [2.75, 3.05) is 19.4 Å². The van der Waals surface area contributed by atoms with Gasteiger partial charge in [-0.25, -0.2) is 0 Å². The van der Waals surface area contributed by atoms with Crippen LogP contribution < -0.4 is 5.32 Å². The maximum absolute atomic E-state index is 11.6. The van der Waals surface area contributed by atoms with Crippen molar-refractivity contribution in [3.05, 3.63) is 24.5 Å². The van der Waals surface area contributed by atoms with Gasteiger partial charge in [-0.3, -0.25) is 9.78 Å². The van der Waals surface area contributed by atoms with E-state index in [9.17, 15) is 4.79 Å². The molecular weight excluding hydrogens is 248 g/mol. The number of esters is 1. The first-order valence-corrected chi connectivity index (χ1v) is 7.10. The number of hydrogen-bond acceptors (Lipinski definition) is 5. The topological polar surface area (TPSA) is 51.2 Å². The smallest absolute Gasteiger partial charge is 0.322 e. The van der Waals surface area contributed by atoms with Crippen LogP contribution >= 0.6 is 11.8 Å². The van der Waals surface area contributed by atoms with Gasteiger partial charge in [0.2, 0.25) is 0 Å². The molecule has 0 aliphatic carbocycles. The highest BCUT2D eigenvalue weighted by Crippen LogP contribution is 2.18. The third-order valence-electron chi connectivity index (χ3n) is 2.45. The largest absolute Gasteiger partial charge is 0.468 e. The minimum absolute atomic E-state index is 0.182. The van der Waals surface area contributed by atoms with Crippen LogP contribution in [0.2, 0.25) is 0 Å². The Balaban J connectivity index is 2.35. The predicted octanol–water partition coefficient (Wildman–Crippen LogP) is 2.10. The van der Waals surface area contributed by atoms with Gasteiger partial charge >= 0.3 is 5.97 Å². The zero-order chi connectivity index (χ0) is 13.2. The van der Waals surface area contributed by atoms with E-state index in [0.29, 0.717) is 0 Å². The molecular formula is C13H20N2O2S. The highest BCUT2D eigenvalue weighted by molar-refractivity contribution is 7.99. The van der Waals surface area contributed by atoms with Gasteiger partial charge in [-0.2, -0.15) is 0 Å². The molecule has 100 valence electrons. The Hall–Kier alpha value is -1.07. The van der Waals surface area contributed by atoms with Crippen molar-refractivity contribution >= 4 is 17.7 Å². The van der Waals surface area contributed by atoms with Gasteiger partial charge in [-0.1, -0.05) is 6.92 Å². The van der Waals surface area contributed by atoms with Crippen molar-refractivity contribution in [1.82, 2.24) is 10.3 Å². The highest BCUT2D eigenvalue weighted by Gasteiger charge is 2.17. The van der Waals surface area contributed by atoms with Crippen LogP contribution in [-0.2, 0) is 9.53 Å². The van der Waals surface area contributed by atoms with E-state index in [1.165, 1.54) is 12.0 Å².